The van der Waals surface area contributed by atoms with Crippen molar-refractivity contribution in [2.75, 3.05) is 19.7 Å². The van der Waals surface area contributed by atoms with Gasteiger partial charge in [-0.05, 0) is 19.3 Å². The van der Waals surface area contributed by atoms with Gasteiger partial charge in [-0.2, -0.15) is 5.06 Å². The summed E-state index contributed by atoms with van der Waals surface area (Å²) in [7, 11) is 0. The molecule has 1 rings (SSSR count). The number of carbonyl (C=O) groups excluding carboxylic acids is 1. The summed E-state index contributed by atoms with van der Waals surface area (Å²) in [5.41, 5.74) is 5.32. The number of rotatable bonds is 8. The minimum absolute atomic E-state index is 0.0242. The monoisotopic (exact) mass is 242 g/mol. The van der Waals surface area contributed by atoms with E-state index in [1.54, 1.807) is 0 Å². The van der Waals surface area contributed by atoms with Gasteiger partial charge in [0, 0.05) is 13.1 Å². The fourth-order valence-corrected chi connectivity index (χ4v) is 2.19. The van der Waals surface area contributed by atoms with Crippen molar-refractivity contribution in [2.24, 2.45) is 11.7 Å². The Labute approximate surface area is 104 Å². The zero-order valence-corrected chi connectivity index (χ0v) is 11.0. The molecule has 100 valence electrons. The van der Waals surface area contributed by atoms with Crippen LogP contribution in [0.1, 0.15) is 51.9 Å². The molecule has 0 radical (unpaired) electrons. The molecular formula is C13H26N2O2. The molecule has 1 unspecified atom stereocenters. The maximum atomic E-state index is 11.1. The lowest BCUT2D eigenvalue weighted by molar-refractivity contribution is -0.181. The zero-order chi connectivity index (χ0) is 12.5. The van der Waals surface area contributed by atoms with Gasteiger partial charge in [0.05, 0.1) is 12.5 Å². The summed E-state index contributed by atoms with van der Waals surface area (Å²) in [5, 5.41) is 1.92. The Morgan fingerprint density at radius 3 is 2.82 bits per heavy atom. The average Bonchev–Trinajstić information content (AvgIpc) is 2.34. The predicted molar refractivity (Wildman–Crippen MR) is 68.2 cm³/mol. The maximum Gasteiger partial charge on any atom is 0.221 e. The molecule has 2 N–H and O–H groups in total. The van der Waals surface area contributed by atoms with Crippen LogP contribution in [-0.2, 0) is 9.63 Å². The zero-order valence-electron chi connectivity index (χ0n) is 11.0. The summed E-state index contributed by atoms with van der Waals surface area (Å²) >= 11 is 0. The molecule has 0 aromatic carbocycles. The summed E-state index contributed by atoms with van der Waals surface area (Å²) < 4.78 is 0. The Morgan fingerprint density at radius 1 is 1.35 bits per heavy atom. The van der Waals surface area contributed by atoms with Gasteiger partial charge < -0.3 is 5.73 Å². The first-order valence-electron chi connectivity index (χ1n) is 6.91. The Kier molecular flexibility index (Phi) is 7.21. The van der Waals surface area contributed by atoms with Gasteiger partial charge >= 0.3 is 0 Å². The fraction of sp³-hybridized carbons (Fsp3) is 0.923. The molecule has 1 saturated heterocycles. The third-order valence-electron chi connectivity index (χ3n) is 3.31. The van der Waals surface area contributed by atoms with Crippen molar-refractivity contribution >= 4 is 5.91 Å². The Morgan fingerprint density at radius 2 is 2.12 bits per heavy atom. The molecule has 1 aliphatic rings. The van der Waals surface area contributed by atoms with Crippen molar-refractivity contribution in [1.82, 2.24) is 5.06 Å². The highest BCUT2D eigenvalue weighted by atomic mass is 16.7. The maximum absolute atomic E-state index is 11.1. The highest BCUT2D eigenvalue weighted by Gasteiger charge is 2.24. The number of hydrogen-bond donors (Lipinski definition) is 1. The summed E-state index contributed by atoms with van der Waals surface area (Å²) in [6.07, 6.45) is 8.14. The predicted octanol–water partition coefficient (Wildman–Crippen LogP) is 2.09. The van der Waals surface area contributed by atoms with Gasteiger partial charge in [0.25, 0.3) is 0 Å². The molecule has 1 atom stereocenters. The fourth-order valence-electron chi connectivity index (χ4n) is 2.19. The topological polar surface area (TPSA) is 55.6 Å². The van der Waals surface area contributed by atoms with Gasteiger partial charge in [-0.25, -0.2) is 0 Å². The Bertz CT molecular complexity index is 221. The second-order valence-corrected chi connectivity index (χ2v) is 4.88. The lowest BCUT2D eigenvalue weighted by Crippen LogP contribution is -2.41. The van der Waals surface area contributed by atoms with Crippen LogP contribution in [0, 0.1) is 5.92 Å². The van der Waals surface area contributed by atoms with E-state index in [0.29, 0.717) is 6.54 Å². The molecule has 1 aliphatic heterocycles. The van der Waals surface area contributed by atoms with E-state index in [1.807, 2.05) is 5.06 Å². The third kappa shape index (κ3) is 6.03. The molecule has 4 nitrogen and oxygen atoms in total. The van der Waals surface area contributed by atoms with Crippen molar-refractivity contribution < 1.29 is 9.63 Å². The third-order valence-corrected chi connectivity index (χ3v) is 3.31. The number of piperidine rings is 1. The molecule has 0 aliphatic carbocycles. The molecule has 0 aromatic heterocycles. The highest BCUT2D eigenvalue weighted by Crippen LogP contribution is 2.16. The van der Waals surface area contributed by atoms with Gasteiger partial charge in [-0.15, -0.1) is 0 Å². The molecule has 1 fully saturated rings. The molecule has 4 heteroatoms. The highest BCUT2D eigenvalue weighted by molar-refractivity contribution is 5.76. The molecule has 0 saturated carbocycles. The Hall–Kier alpha value is -0.610. The number of amides is 1. The summed E-state index contributed by atoms with van der Waals surface area (Å²) in [6, 6.07) is 0. The van der Waals surface area contributed by atoms with Crippen LogP contribution >= 0.6 is 0 Å². The SMILES string of the molecule is CCCCCCCON1CCCC(C(N)=O)C1. The van der Waals surface area contributed by atoms with Crippen LogP contribution < -0.4 is 5.73 Å². The number of hydroxylamine groups is 2. The number of nitrogens with two attached hydrogens (primary N) is 1. The van der Waals surface area contributed by atoms with Crippen LogP contribution in [0.3, 0.4) is 0 Å². The van der Waals surface area contributed by atoms with E-state index in [0.717, 1.165) is 32.4 Å². The van der Waals surface area contributed by atoms with Crippen LogP contribution in [0.15, 0.2) is 0 Å². The van der Waals surface area contributed by atoms with Crippen molar-refractivity contribution in [1.29, 1.82) is 0 Å². The first kappa shape index (κ1) is 14.5. The lowest BCUT2D eigenvalue weighted by Gasteiger charge is -2.30. The number of carbonyl (C=O) groups is 1. The molecule has 17 heavy (non-hydrogen) atoms. The van der Waals surface area contributed by atoms with E-state index in [4.69, 9.17) is 10.6 Å². The first-order chi connectivity index (χ1) is 8.24. The number of nitrogens with zero attached hydrogens (tertiary/aromatic N) is 1. The van der Waals surface area contributed by atoms with Crippen LogP contribution in [0.25, 0.3) is 0 Å². The second kappa shape index (κ2) is 8.48. The van der Waals surface area contributed by atoms with Gasteiger partial charge in [0.2, 0.25) is 5.91 Å². The minimum atomic E-state index is -0.193. The molecule has 0 aromatic rings. The van der Waals surface area contributed by atoms with Gasteiger partial charge in [0.1, 0.15) is 0 Å². The van der Waals surface area contributed by atoms with E-state index in [2.05, 4.69) is 6.92 Å². The normalized spacial score (nSPS) is 21.6. The number of primary amides is 1. The molecule has 1 amide bonds. The van der Waals surface area contributed by atoms with Crippen molar-refractivity contribution in [3.8, 4) is 0 Å². The van der Waals surface area contributed by atoms with E-state index >= 15 is 0 Å². The molecular weight excluding hydrogens is 216 g/mol. The van der Waals surface area contributed by atoms with Crippen LogP contribution in [-0.4, -0.2) is 30.7 Å². The van der Waals surface area contributed by atoms with Crippen LogP contribution in [0.2, 0.25) is 0 Å². The van der Waals surface area contributed by atoms with E-state index in [1.165, 1.54) is 25.7 Å². The lowest BCUT2D eigenvalue weighted by atomic mass is 9.99. The smallest absolute Gasteiger partial charge is 0.221 e. The minimum Gasteiger partial charge on any atom is -0.369 e. The van der Waals surface area contributed by atoms with Crippen LogP contribution in [0.4, 0.5) is 0 Å². The van der Waals surface area contributed by atoms with E-state index in [-0.39, 0.29) is 11.8 Å². The standard InChI is InChI=1S/C13H26N2O2/c1-2-3-4-5-6-10-17-15-9-7-8-12(11-15)13(14)16/h12H,2-11H2,1H3,(H2,14,16). The van der Waals surface area contributed by atoms with Crippen LogP contribution in [0.5, 0.6) is 0 Å². The van der Waals surface area contributed by atoms with E-state index in [9.17, 15) is 4.79 Å². The number of hydrogen-bond acceptors (Lipinski definition) is 3. The van der Waals surface area contributed by atoms with Crippen molar-refractivity contribution in [3.05, 3.63) is 0 Å². The van der Waals surface area contributed by atoms with Gasteiger partial charge in [-0.1, -0.05) is 32.6 Å². The summed E-state index contributed by atoms with van der Waals surface area (Å²) in [4.78, 5) is 16.8. The van der Waals surface area contributed by atoms with E-state index < -0.39 is 0 Å². The molecule has 0 bridgehead atoms. The Balaban J connectivity index is 2.04. The van der Waals surface area contributed by atoms with Crippen molar-refractivity contribution in [2.45, 2.75) is 51.9 Å². The quantitative estimate of drug-likeness (QED) is 0.663. The molecule has 0 spiro atoms. The van der Waals surface area contributed by atoms with Gasteiger partial charge in [-0.3, -0.25) is 9.63 Å². The summed E-state index contributed by atoms with van der Waals surface area (Å²) in [6.45, 7) is 4.59. The van der Waals surface area contributed by atoms with Crippen molar-refractivity contribution in [3.63, 3.8) is 0 Å². The second-order valence-electron chi connectivity index (χ2n) is 4.88. The largest absolute Gasteiger partial charge is 0.369 e. The van der Waals surface area contributed by atoms with Gasteiger partial charge in [0.15, 0.2) is 0 Å². The molecule has 1 heterocycles. The average molecular weight is 242 g/mol. The summed E-state index contributed by atoms with van der Waals surface area (Å²) in [5.74, 6) is -0.218. The first-order valence-corrected chi connectivity index (χ1v) is 6.91. The number of unbranched alkanes of at least 4 members (excludes halogenated alkanes) is 4.